The van der Waals surface area contributed by atoms with Crippen LogP contribution in [0.4, 0.5) is 0 Å². The zero-order valence-electron chi connectivity index (χ0n) is 13.3. The molecule has 2 aliphatic heterocycles. The molecular formula is C16H20N6S. The molecule has 0 unspecified atom stereocenters. The fraction of sp³-hybridized carbons (Fsp3) is 0.562. The van der Waals surface area contributed by atoms with Gasteiger partial charge < -0.3 is 4.57 Å². The van der Waals surface area contributed by atoms with Crippen molar-refractivity contribution in [2.75, 3.05) is 19.6 Å². The Hall–Kier alpha value is -1.75. The molecule has 0 aliphatic carbocycles. The van der Waals surface area contributed by atoms with E-state index in [1.165, 1.54) is 4.88 Å². The van der Waals surface area contributed by atoms with Crippen molar-refractivity contribution < 1.29 is 0 Å². The second-order valence-electron chi connectivity index (χ2n) is 6.27. The van der Waals surface area contributed by atoms with Crippen molar-refractivity contribution in [1.29, 1.82) is 5.26 Å². The summed E-state index contributed by atoms with van der Waals surface area (Å²) in [6, 6.07) is 4.84. The van der Waals surface area contributed by atoms with E-state index in [4.69, 9.17) is 5.26 Å². The van der Waals surface area contributed by atoms with Gasteiger partial charge in [-0.3, -0.25) is 9.80 Å². The quantitative estimate of drug-likeness (QED) is 0.851. The molecule has 1 fully saturated rings. The van der Waals surface area contributed by atoms with Crippen LogP contribution in [-0.2, 0) is 26.1 Å². The molecule has 7 heteroatoms. The van der Waals surface area contributed by atoms with E-state index in [1.54, 1.807) is 11.3 Å². The van der Waals surface area contributed by atoms with Crippen LogP contribution in [0.1, 0.15) is 29.0 Å². The Kier molecular flexibility index (Phi) is 3.89. The van der Waals surface area contributed by atoms with Crippen molar-refractivity contribution in [2.24, 2.45) is 0 Å². The average molecular weight is 328 g/mol. The fourth-order valence-electron chi connectivity index (χ4n) is 3.46. The lowest BCUT2D eigenvalue weighted by atomic mass is 10.1. The number of aromatic nitrogens is 3. The van der Waals surface area contributed by atoms with E-state index in [0.29, 0.717) is 6.04 Å². The third kappa shape index (κ3) is 2.78. The Morgan fingerprint density at radius 2 is 2.22 bits per heavy atom. The van der Waals surface area contributed by atoms with Crippen molar-refractivity contribution in [3.8, 4) is 6.07 Å². The second-order valence-corrected chi connectivity index (χ2v) is 7.27. The summed E-state index contributed by atoms with van der Waals surface area (Å²) in [6.45, 7) is 8.33. The minimum atomic E-state index is 0.626. The molecule has 4 heterocycles. The molecule has 0 amide bonds. The molecule has 4 rings (SSSR count). The molecule has 0 saturated carbocycles. The summed E-state index contributed by atoms with van der Waals surface area (Å²) in [4.78, 5) is 6.27. The van der Waals surface area contributed by atoms with Gasteiger partial charge in [0.2, 0.25) is 0 Å². The first-order valence-electron chi connectivity index (χ1n) is 8.11. The zero-order valence-corrected chi connectivity index (χ0v) is 14.1. The predicted octanol–water partition coefficient (Wildman–Crippen LogP) is 1.47. The summed E-state index contributed by atoms with van der Waals surface area (Å²) in [6.07, 6.45) is 0.954. The van der Waals surface area contributed by atoms with Gasteiger partial charge in [-0.1, -0.05) is 6.92 Å². The maximum Gasteiger partial charge on any atom is 0.147 e. The Morgan fingerprint density at radius 1 is 1.35 bits per heavy atom. The van der Waals surface area contributed by atoms with Gasteiger partial charge in [0.25, 0.3) is 0 Å². The SMILES string of the molecule is CCc1nnc2n1CCN(C1CN(Cc3cc(C#N)cs3)C1)C2. The number of aryl methyl sites for hydroxylation is 1. The summed E-state index contributed by atoms with van der Waals surface area (Å²) < 4.78 is 2.28. The van der Waals surface area contributed by atoms with E-state index in [-0.39, 0.29) is 0 Å². The number of rotatable bonds is 4. The van der Waals surface area contributed by atoms with Crippen LogP contribution < -0.4 is 0 Å². The predicted molar refractivity (Wildman–Crippen MR) is 87.9 cm³/mol. The minimum Gasteiger partial charge on any atom is -0.313 e. The maximum absolute atomic E-state index is 8.89. The lowest BCUT2D eigenvalue weighted by Gasteiger charge is -2.46. The summed E-state index contributed by atoms with van der Waals surface area (Å²) in [5.41, 5.74) is 0.782. The van der Waals surface area contributed by atoms with Crippen LogP contribution in [0, 0.1) is 11.3 Å². The summed E-state index contributed by atoms with van der Waals surface area (Å²) in [5.74, 6) is 2.23. The molecular weight excluding hydrogens is 308 g/mol. The first-order chi connectivity index (χ1) is 11.3. The Labute approximate surface area is 140 Å². The van der Waals surface area contributed by atoms with Crippen LogP contribution >= 0.6 is 11.3 Å². The number of hydrogen-bond acceptors (Lipinski definition) is 6. The minimum absolute atomic E-state index is 0.626. The Morgan fingerprint density at radius 3 is 2.96 bits per heavy atom. The van der Waals surface area contributed by atoms with Gasteiger partial charge in [0.05, 0.1) is 12.1 Å². The van der Waals surface area contributed by atoms with Crippen LogP contribution in [0.25, 0.3) is 0 Å². The van der Waals surface area contributed by atoms with E-state index in [2.05, 4.69) is 37.6 Å². The van der Waals surface area contributed by atoms with Crippen LogP contribution in [-0.4, -0.2) is 50.2 Å². The fourth-order valence-corrected chi connectivity index (χ4v) is 4.31. The van der Waals surface area contributed by atoms with Crippen LogP contribution in [0.5, 0.6) is 0 Å². The number of hydrogen-bond donors (Lipinski definition) is 0. The van der Waals surface area contributed by atoms with Crippen molar-refractivity contribution in [1.82, 2.24) is 24.6 Å². The molecule has 2 aromatic heterocycles. The van der Waals surface area contributed by atoms with Crippen molar-refractivity contribution in [3.05, 3.63) is 33.5 Å². The Bertz CT molecular complexity index is 736. The summed E-state index contributed by atoms with van der Waals surface area (Å²) in [5, 5.41) is 19.5. The van der Waals surface area contributed by atoms with Crippen molar-refractivity contribution in [2.45, 2.75) is 39.0 Å². The van der Waals surface area contributed by atoms with Crippen LogP contribution in [0.2, 0.25) is 0 Å². The van der Waals surface area contributed by atoms with Crippen LogP contribution in [0.15, 0.2) is 11.4 Å². The molecule has 2 aromatic rings. The number of fused-ring (bicyclic) bond motifs is 1. The van der Waals surface area contributed by atoms with Gasteiger partial charge >= 0.3 is 0 Å². The molecule has 0 radical (unpaired) electrons. The van der Waals surface area contributed by atoms with Crippen molar-refractivity contribution in [3.63, 3.8) is 0 Å². The third-order valence-corrected chi connectivity index (χ3v) is 5.71. The third-order valence-electron chi connectivity index (χ3n) is 4.79. The van der Waals surface area contributed by atoms with Gasteiger partial charge in [-0.05, 0) is 6.07 Å². The van der Waals surface area contributed by atoms with E-state index in [9.17, 15) is 0 Å². The smallest absolute Gasteiger partial charge is 0.147 e. The molecule has 0 spiro atoms. The highest BCUT2D eigenvalue weighted by Crippen LogP contribution is 2.24. The first kappa shape index (κ1) is 14.8. The van der Waals surface area contributed by atoms with E-state index >= 15 is 0 Å². The van der Waals surface area contributed by atoms with E-state index < -0.39 is 0 Å². The van der Waals surface area contributed by atoms with E-state index in [1.807, 2.05) is 11.4 Å². The molecule has 23 heavy (non-hydrogen) atoms. The molecule has 0 atom stereocenters. The highest BCUT2D eigenvalue weighted by molar-refractivity contribution is 7.10. The topological polar surface area (TPSA) is 61.0 Å². The van der Waals surface area contributed by atoms with E-state index in [0.717, 1.165) is 62.9 Å². The zero-order chi connectivity index (χ0) is 15.8. The molecule has 2 aliphatic rings. The highest BCUT2D eigenvalue weighted by atomic mass is 32.1. The number of nitrogens with zero attached hydrogens (tertiary/aromatic N) is 6. The largest absolute Gasteiger partial charge is 0.313 e. The van der Waals surface area contributed by atoms with Gasteiger partial charge in [-0.2, -0.15) is 5.26 Å². The molecule has 0 bridgehead atoms. The van der Waals surface area contributed by atoms with Gasteiger partial charge in [0.1, 0.15) is 17.7 Å². The van der Waals surface area contributed by atoms with Crippen LogP contribution in [0.3, 0.4) is 0 Å². The average Bonchev–Trinajstić information content (AvgIpc) is 3.16. The van der Waals surface area contributed by atoms with Gasteiger partial charge in [0, 0.05) is 55.4 Å². The number of nitriles is 1. The molecule has 6 nitrogen and oxygen atoms in total. The number of thiophene rings is 1. The van der Waals surface area contributed by atoms with Gasteiger partial charge in [-0.25, -0.2) is 0 Å². The lowest BCUT2D eigenvalue weighted by molar-refractivity contribution is 0.0133. The standard InChI is InChI=1S/C16H20N6S/c1-2-15-18-19-16-10-21(3-4-22(15)16)13-7-20(8-13)9-14-5-12(6-17)11-23-14/h5,11,13H,2-4,7-10H2,1H3. The molecule has 1 saturated heterocycles. The van der Waals surface area contributed by atoms with Crippen molar-refractivity contribution >= 4 is 11.3 Å². The second kappa shape index (κ2) is 6.04. The lowest BCUT2D eigenvalue weighted by Crippen LogP contribution is -2.59. The molecule has 120 valence electrons. The van der Waals surface area contributed by atoms with Gasteiger partial charge in [-0.15, -0.1) is 21.5 Å². The normalized spacial score (nSPS) is 19.3. The monoisotopic (exact) mass is 328 g/mol. The Balaban J connectivity index is 1.31. The molecule has 0 aromatic carbocycles. The first-order valence-corrected chi connectivity index (χ1v) is 8.99. The number of likely N-dealkylation sites (tertiary alicyclic amines) is 1. The maximum atomic E-state index is 8.89. The van der Waals surface area contributed by atoms with Gasteiger partial charge in [0.15, 0.2) is 0 Å². The summed E-state index contributed by atoms with van der Waals surface area (Å²) >= 11 is 1.69. The molecule has 0 N–H and O–H groups in total. The highest BCUT2D eigenvalue weighted by Gasteiger charge is 2.34. The summed E-state index contributed by atoms with van der Waals surface area (Å²) in [7, 11) is 0.